The summed E-state index contributed by atoms with van der Waals surface area (Å²) >= 11 is 0. The van der Waals surface area contributed by atoms with Gasteiger partial charge < -0.3 is 0 Å². The van der Waals surface area contributed by atoms with Crippen molar-refractivity contribution in [2.75, 3.05) is 18.5 Å². The number of anilines is 1. The van der Waals surface area contributed by atoms with Crippen LogP contribution in [0, 0.1) is 0 Å². The van der Waals surface area contributed by atoms with Crippen molar-refractivity contribution in [3.63, 3.8) is 0 Å². The molecule has 28 heavy (non-hydrogen) atoms. The average molecular weight is 401 g/mol. The summed E-state index contributed by atoms with van der Waals surface area (Å²) in [6, 6.07) is 13.9. The molecule has 1 aliphatic rings. The number of nitrogens with one attached hydrogen (secondary N) is 1. The van der Waals surface area contributed by atoms with Crippen LogP contribution in [0.4, 0.5) is 5.82 Å². The van der Waals surface area contributed by atoms with Gasteiger partial charge in [-0.25, -0.2) is 13.4 Å². The first kappa shape index (κ1) is 20.5. The predicted molar refractivity (Wildman–Crippen MR) is 113 cm³/mol. The number of hydrogen-bond acceptors (Lipinski definition) is 5. The molecule has 0 spiro atoms. The van der Waals surface area contributed by atoms with Crippen LogP contribution in [0.15, 0.2) is 58.7 Å². The molecular formula is C21H28N4O2S. The van der Waals surface area contributed by atoms with Gasteiger partial charge in [-0.3, -0.25) is 5.43 Å². The Labute approximate surface area is 167 Å². The van der Waals surface area contributed by atoms with E-state index in [9.17, 15) is 8.42 Å². The molecule has 7 heteroatoms. The number of benzene rings is 1. The van der Waals surface area contributed by atoms with Crippen molar-refractivity contribution in [1.29, 1.82) is 0 Å². The summed E-state index contributed by atoms with van der Waals surface area (Å²) < 4.78 is 26.4. The molecule has 0 unspecified atom stereocenters. The second kappa shape index (κ2) is 9.30. The van der Waals surface area contributed by atoms with E-state index in [0.29, 0.717) is 24.8 Å². The maximum Gasteiger partial charge on any atom is 0.244 e. The maximum absolute atomic E-state index is 12.5. The van der Waals surface area contributed by atoms with Crippen LogP contribution in [0.2, 0.25) is 0 Å². The minimum atomic E-state index is -3.48. The summed E-state index contributed by atoms with van der Waals surface area (Å²) in [7, 11) is -3.48. The largest absolute Gasteiger partial charge is 0.261 e. The third kappa shape index (κ3) is 4.77. The zero-order valence-electron chi connectivity index (χ0n) is 16.5. The fraction of sp³-hybridized carbons (Fsp3) is 0.429. The minimum Gasteiger partial charge on any atom is -0.261 e. The van der Waals surface area contributed by atoms with Crippen LogP contribution in [0.3, 0.4) is 0 Å². The maximum atomic E-state index is 12.5. The highest BCUT2D eigenvalue weighted by atomic mass is 32.2. The molecule has 2 aromatic rings. The van der Waals surface area contributed by atoms with E-state index in [1.54, 1.807) is 12.1 Å². The number of pyridine rings is 1. The van der Waals surface area contributed by atoms with E-state index in [-0.39, 0.29) is 4.90 Å². The molecule has 0 amide bonds. The van der Waals surface area contributed by atoms with Gasteiger partial charge in [-0.15, -0.1) is 0 Å². The molecule has 1 N–H and O–H groups in total. The number of aromatic nitrogens is 1. The van der Waals surface area contributed by atoms with Gasteiger partial charge in [0.1, 0.15) is 10.7 Å². The molecule has 0 aliphatic heterocycles. The molecule has 6 nitrogen and oxygen atoms in total. The number of sulfonamides is 1. The fourth-order valence-electron chi connectivity index (χ4n) is 3.57. The van der Waals surface area contributed by atoms with Crippen molar-refractivity contribution < 1.29 is 8.42 Å². The third-order valence-electron chi connectivity index (χ3n) is 5.24. The van der Waals surface area contributed by atoms with E-state index in [1.807, 2.05) is 13.8 Å². The molecule has 1 aromatic heterocycles. The summed E-state index contributed by atoms with van der Waals surface area (Å²) in [5.41, 5.74) is 5.51. The molecule has 1 saturated carbocycles. The van der Waals surface area contributed by atoms with Crippen LogP contribution in [0.5, 0.6) is 0 Å². The summed E-state index contributed by atoms with van der Waals surface area (Å²) in [6.07, 6.45) is 5.50. The SMILES string of the molecule is CCN(CC)S(=O)(=O)c1ccc(NN=C2CCC(c3ccccc3)CC2)nc1. The van der Waals surface area contributed by atoms with E-state index in [0.717, 1.165) is 31.4 Å². The molecule has 1 heterocycles. The Morgan fingerprint density at radius 3 is 2.32 bits per heavy atom. The number of nitrogens with zero attached hydrogens (tertiary/aromatic N) is 3. The third-order valence-corrected chi connectivity index (χ3v) is 7.28. The van der Waals surface area contributed by atoms with Gasteiger partial charge in [0.15, 0.2) is 0 Å². The Balaban J connectivity index is 1.58. The second-order valence-electron chi connectivity index (χ2n) is 6.94. The molecule has 1 aromatic carbocycles. The van der Waals surface area contributed by atoms with Crippen molar-refractivity contribution in [3.8, 4) is 0 Å². The number of rotatable bonds is 7. The fourth-order valence-corrected chi connectivity index (χ4v) is 4.97. The van der Waals surface area contributed by atoms with Gasteiger partial charge >= 0.3 is 0 Å². The Hall–Kier alpha value is -2.25. The molecule has 0 radical (unpaired) electrons. The topological polar surface area (TPSA) is 74.7 Å². The Morgan fingerprint density at radius 2 is 1.75 bits per heavy atom. The van der Waals surface area contributed by atoms with Gasteiger partial charge in [-0.1, -0.05) is 44.2 Å². The standard InChI is InChI=1S/C21H28N4O2S/c1-3-25(4-2)28(26,27)20-14-15-21(22-16-20)24-23-19-12-10-18(11-13-19)17-8-6-5-7-9-17/h5-9,14-16,18H,3-4,10-13H2,1-2H3,(H,22,24). The van der Waals surface area contributed by atoms with Crippen LogP contribution in [-0.2, 0) is 10.0 Å². The zero-order chi connectivity index (χ0) is 20.0. The van der Waals surface area contributed by atoms with Gasteiger partial charge in [0.05, 0.1) is 0 Å². The van der Waals surface area contributed by atoms with Crippen LogP contribution in [-0.4, -0.2) is 36.5 Å². The molecule has 1 aliphatic carbocycles. The van der Waals surface area contributed by atoms with Gasteiger partial charge in [-0.05, 0) is 49.3 Å². The Kier molecular flexibility index (Phi) is 6.80. The highest BCUT2D eigenvalue weighted by Gasteiger charge is 2.22. The van der Waals surface area contributed by atoms with E-state index < -0.39 is 10.0 Å². The zero-order valence-corrected chi connectivity index (χ0v) is 17.3. The quantitative estimate of drug-likeness (QED) is 0.706. The first-order valence-corrected chi connectivity index (χ1v) is 11.3. The summed E-state index contributed by atoms with van der Waals surface area (Å²) in [4.78, 5) is 4.43. The van der Waals surface area contributed by atoms with Crippen LogP contribution in [0.25, 0.3) is 0 Å². The van der Waals surface area contributed by atoms with Crippen molar-refractivity contribution in [2.45, 2.75) is 50.3 Å². The first-order chi connectivity index (χ1) is 13.5. The average Bonchev–Trinajstić information content (AvgIpc) is 2.74. The molecule has 150 valence electrons. The lowest BCUT2D eigenvalue weighted by molar-refractivity contribution is 0.445. The van der Waals surface area contributed by atoms with Gasteiger partial charge in [0, 0.05) is 25.0 Å². The number of hydrazone groups is 1. The normalized spacial score (nSPS) is 17.5. The van der Waals surface area contributed by atoms with Crippen molar-refractivity contribution in [2.24, 2.45) is 5.10 Å². The summed E-state index contributed by atoms with van der Waals surface area (Å²) in [5.74, 6) is 1.15. The highest BCUT2D eigenvalue weighted by molar-refractivity contribution is 7.89. The van der Waals surface area contributed by atoms with E-state index in [2.05, 4.69) is 45.8 Å². The lowest BCUT2D eigenvalue weighted by Gasteiger charge is -2.23. The minimum absolute atomic E-state index is 0.206. The Bertz CT molecular complexity index is 882. The van der Waals surface area contributed by atoms with E-state index in [4.69, 9.17) is 0 Å². The lowest BCUT2D eigenvalue weighted by Crippen LogP contribution is -2.30. The monoisotopic (exact) mass is 400 g/mol. The summed E-state index contributed by atoms with van der Waals surface area (Å²) in [6.45, 7) is 4.53. The lowest BCUT2D eigenvalue weighted by atomic mass is 9.83. The van der Waals surface area contributed by atoms with Crippen LogP contribution in [0.1, 0.15) is 51.0 Å². The van der Waals surface area contributed by atoms with Gasteiger partial charge in [0.25, 0.3) is 0 Å². The highest BCUT2D eigenvalue weighted by Crippen LogP contribution is 2.31. The molecule has 0 saturated heterocycles. The molecule has 3 rings (SSSR count). The van der Waals surface area contributed by atoms with Crippen molar-refractivity contribution >= 4 is 21.6 Å². The first-order valence-electron chi connectivity index (χ1n) is 9.87. The second-order valence-corrected chi connectivity index (χ2v) is 8.88. The van der Waals surface area contributed by atoms with Crippen molar-refractivity contribution in [3.05, 3.63) is 54.2 Å². The van der Waals surface area contributed by atoms with Crippen LogP contribution < -0.4 is 5.43 Å². The van der Waals surface area contributed by atoms with Gasteiger partial charge in [0.2, 0.25) is 10.0 Å². The smallest absolute Gasteiger partial charge is 0.244 e. The number of hydrogen-bond donors (Lipinski definition) is 1. The Morgan fingerprint density at radius 1 is 1.07 bits per heavy atom. The van der Waals surface area contributed by atoms with E-state index in [1.165, 1.54) is 16.1 Å². The van der Waals surface area contributed by atoms with Gasteiger partial charge in [-0.2, -0.15) is 9.41 Å². The predicted octanol–water partition coefficient (Wildman–Crippen LogP) is 4.24. The molecule has 0 bridgehead atoms. The molecule has 1 fully saturated rings. The molecular weight excluding hydrogens is 372 g/mol. The van der Waals surface area contributed by atoms with Crippen LogP contribution >= 0.6 is 0 Å². The van der Waals surface area contributed by atoms with E-state index >= 15 is 0 Å². The summed E-state index contributed by atoms with van der Waals surface area (Å²) in [5, 5.41) is 4.49. The molecule has 0 atom stereocenters. The van der Waals surface area contributed by atoms with Crippen molar-refractivity contribution in [1.82, 2.24) is 9.29 Å².